The van der Waals surface area contributed by atoms with Crippen LogP contribution < -0.4 is 0 Å². The number of carboxylic acids is 1. The van der Waals surface area contributed by atoms with Crippen LogP contribution in [0.25, 0.3) is 0 Å². The zero-order valence-corrected chi connectivity index (χ0v) is 14.6. The van der Waals surface area contributed by atoms with Crippen LogP contribution in [0.15, 0.2) is 54.6 Å². The number of nitrogens with zero attached hydrogens (tertiary/aromatic N) is 1. The highest BCUT2D eigenvalue weighted by Gasteiger charge is 2.24. The number of carbonyl (C=O) groups excluding carboxylic acids is 1. The standard InChI is InChI=1S/C21H23NO4/c23-20(14-17-7-4-8-18(13-17)21(24)25)22-11-12-26-19(15-22)10-9-16-5-2-1-3-6-16/h1-8,13,19H,9-12,14-15H2,(H,24,25). The minimum Gasteiger partial charge on any atom is -0.478 e. The van der Waals surface area contributed by atoms with Gasteiger partial charge in [-0.1, -0.05) is 42.5 Å². The summed E-state index contributed by atoms with van der Waals surface area (Å²) in [6.45, 7) is 1.71. The van der Waals surface area contributed by atoms with E-state index in [1.165, 1.54) is 11.6 Å². The van der Waals surface area contributed by atoms with Crippen molar-refractivity contribution in [2.75, 3.05) is 19.7 Å². The molecule has 5 heteroatoms. The maximum absolute atomic E-state index is 12.6. The van der Waals surface area contributed by atoms with Crippen LogP contribution in [0.5, 0.6) is 0 Å². The third-order valence-corrected chi connectivity index (χ3v) is 4.62. The van der Waals surface area contributed by atoms with Crippen molar-refractivity contribution >= 4 is 11.9 Å². The smallest absolute Gasteiger partial charge is 0.335 e. The summed E-state index contributed by atoms with van der Waals surface area (Å²) in [5.74, 6) is -0.966. The van der Waals surface area contributed by atoms with Crippen molar-refractivity contribution in [1.29, 1.82) is 0 Å². The molecule has 1 aliphatic heterocycles. The Morgan fingerprint density at radius 1 is 1.08 bits per heavy atom. The van der Waals surface area contributed by atoms with E-state index in [0.29, 0.717) is 19.7 Å². The van der Waals surface area contributed by atoms with Crippen LogP contribution in [0.1, 0.15) is 27.9 Å². The van der Waals surface area contributed by atoms with Gasteiger partial charge in [-0.3, -0.25) is 4.79 Å². The molecular formula is C21H23NO4. The molecule has 1 unspecified atom stereocenters. The molecule has 1 aliphatic rings. The minimum absolute atomic E-state index is 0.0144. The third kappa shape index (κ3) is 4.92. The van der Waals surface area contributed by atoms with Gasteiger partial charge in [0.1, 0.15) is 0 Å². The van der Waals surface area contributed by atoms with E-state index in [9.17, 15) is 9.59 Å². The summed E-state index contributed by atoms with van der Waals surface area (Å²) in [6, 6.07) is 16.8. The quantitative estimate of drug-likeness (QED) is 0.867. The van der Waals surface area contributed by atoms with Gasteiger partial charge in [0, 0.05) is 13.1 Å². The third-order valence-electron chi connectivity index (χ3n) is 4.62. The first kappa shape index (κ1) is 18.1. The van der Waals surface area contributed by atoms with Gasteiger partial charge in [-0.15, -0.1) is 0 Å². The summed E-state index contributed by atoms with van der Waals surface area (Å²) < 4.78 is 5.81. The van der Waals surface area contributed by atoms with E-state index in [4.69, 9.17) is 9.84 Å². The average Bonchev–Trinajstić information content (AvgIpc) is 2.67. The lowest BCUT2D eigenvalue weighted by atomic mass is 10.0. The molecule has 1 saturated heterocycles. The van der Waals surface area contributed by atoms with E-state index in [-0.39, 0.29) is 24.0 Å². The van der Waals surface area contributed by atoms with Crippen LogP contribution in [0.4, 0.5) is 0 Å². The monoisotopic (exact) mass is 353 g/mol. The topological polar surface area (TPSA) is 66.8 Å². The number of hydrogen-bond donors (Lipinski definition) is 1. The van der Waals surface area contributed by atoms with Crippen molar-refractivity contribution in [3.05, 3.63) is 71.3 Å². The molecule has 26 heavy (non-hydrogen) atoms. The number of aryl methyl sites for hydroxylation is 1. The minimum atomic E-state index is -0.980. The van der Waals surface area contributed by atoms with Crippen molar-refractivity contribution in [1.82, 2.24) is 4.90 Å². The Morgan fingerprint density at radius 2 is 1.85 bits per heavy atom. The lowest BCUT2D eigenvalue weighted by Gasteiger charge is -2.33. The molecule has 0 aliphatic carbocycles. The van der Waals surface area contributed by atoms with Crippen molar-refractivity contribution in [2.24, 2.45) is 0 Å². The Labute approximate surface area is 153 Å². The zero-order chi connectivity index (χ0) is 18.4. The Bertz CT molecular complexity index is 760. The number of carbonyl (C=O) groups is 2. The Hall–Kier alpha value is -2.66. The first-order valence-electron chi connectivity index (χ1n) is 8.87. The number of amides is 1. The fourth-order valence-electron chi connectivity index (χ4n) is 3.19. The number of carboxylic acid groups (broad SMARTS) is 1. The van der Waals surface area contributed by atoms with E-state index in [2.05, 4.69) is 12.1 Å². The summed E-state index contributed by atoms with van der Waals surface area (Å²) in [4.78, 5) is 25.5. The molecule has 136 valence electrons. The molecule has 1 amide bonds. The second-order valence-corrected chi connectivity index (χ2v) is 6.54. The Kier molecular flexibility index (Phi) is 6.02. The van der Waals surface area contributed by atoms with Crippen LogP contribution in [0, 0.1) is 0 Å². The second kappa shape index (κ2) is 8.63. The Morgan fingerprint density at radius 3 is 2.62 bits per heavy atom. The summed E-state index contributed by atoms with van der Waals surface area (Å²) in [6.07, 6.45) is 2.06. The normalized spacial score (nSPS) is 17.1. The molecule has 1 atom stereocenters. The van der Waals surface area contributed by atoms with E-state index >= 15 is 0 Å². The fraction of sp³-hybridized carbons (Fsp3) is 0.333. The highest BCUT2D eigenvalue weighted by atomic mass is 16.5. The molecule has 0 saturated carbocycles. The first-order valence-corrected chi connectivity index (χ1v) is 8.87. The summed E-state index contributed by atoms with van der Waals surface area (Å²) in [5.41, 5.74) is 2.20. The van der Waals surface area contributed by atoms with Crippen LogP contribution in [-0.2, 0) is 22.4 Å². The van der Waals surface area contributed by atoms with Gasteiger partial charge >= 0.3 is 5.97 Å². The number of benzene rings is 2. The zero-order valence-electron chi connectivity index (χ0n) is 14.6. The summed E-state index contributed by atoms with van der Waals surface area (Å²) in [5, 5.41) is 9.07. The summed E-state index contributed by atoms with van der Waals surface area (Å²) >= 11 is 0. The maximum atomic E-state index is 12.6. The Balaban J connectivity index is 1.54. The number of morpholine rings is 1. The molecule has 1 N–H and O–H groups in total. The lowest BCUT2D eigenvalue weighted by Crippen LogP contribution is -2.46. The van der Waals surface area contributed by atoms with Gasteiger partial charge in [-0.25, -0.2) is 4.79 Å². The molecule has 2 aromatic carbocycles. The van der Waals surface area contributed by atoms with E-state index < -0.39 is 5.97 Å². The number of hydrogen-bond acceptors (Lipinski definition) is 3. The summed E-state index contributed by atoms with van der Waals surface area (Å²) in [7, 11) is 0. The van der Waals surface area contributed by atoms with Gasteiger partial charge in [0.05, 0.1) is 24.7 Å². The van der Waals surface area contributed by atoms with Crippen LogP contribution in [0.3, 0.4) is 0 Å². The SMILES string of the molecule is O=C(O)c1cccc(CC(=O)N2CCOC(CCc3ccccc3)C2)c1. The van der Waals surface area contributed by atoms with Crippen molar-refractivity contribution in [3.63, 3.8) is 0 Å². The molecule has 0 aromatic heterocycles. The van der Waals surface area contributed by atoms with Crippen LogP contribution in [-0.4, -0.2) is 47.7 Å². The fourth-order valence-corrected chi connectivity index (χ4v) is 3.19. The van der Waals surface area contributed by atoms with Gasteiger partial charge in [0.15, 0.2) is 0 Å². The molecule has 0 spiro atoms. The highest BCUT2D eigenvalue weighted by Crippen LogP contribution is 2.15. The molecule has 3 rings (SSSR count). The van der Waals surface area contributed by atoms with Gasteiger partial charge in [0.2, 0.25) is 5.91 Å². The van der Waals surface area contributed by atoms with E-state index in [1.54, 1.807) is 18.2 Å². The van der Waals surface area contributed by atoms with Crippen LogP contribution >= 0.6 is 0 Å². The van der Waals surface area contributed by atoms with Gasteiger partial charge in [0.25, 0.3) is 0 Å². The van der Waals surface area contributed by atoms with Crippen molar-refractivity contribution in [3.8, 4) is 0 Å². The number of aromatic carboxylic acids is 1. The second-order valence-electron chi connectivity index (χ2n) is 6.54. The molecule has 1 fully saturated rings. The van der Waals surface area contributed by atoms with Gasteiger partial charge < -0.3 is 14.7 Å². The largest absolute Gasteiger partial charge is 0.478 e. The highest BCUT2D eigenvalue weighted by molar-refractivity contribution is 5.88. The molecule has 2 aromatic rings. The predicted molar refractivity (Wildman–Crippen MR) is 98.2 cm³/mol. The van der Waals surface area contributed by atoms with Crippen molar-refractivity contribution in [2.45, 2.75) is 25.4 Å². The molecule has 1 heterocycles. The number of rotatable bonds is 6. The van der Waals surface area contributed by atoms with Crippen LogP contribution in [0.2, 0.25) is 0 Å². The molecule has 5 nitrogen and oxygen atoms in total. The average molecular weight is 353 g/mol. The predicted octanol–water partition coefficient (Wildman–Crippen LogP) is 2.79. The number of ether oxygens (including phenoxy) is 1. The molecular weight excluding hydrogens is 330 g/mol. The molecule has 0 radical (unpaired) electrons. The van der Waals surface area contributed by atoms with E-state index in [0.717, 1.165) is 18.4 Å². The molecule has 0 bridgehead atoms. The maximum Gasteiger partial charge on any atom is 0.335 e. The van der Waals surface area contributed by atoms with Crippen molar-refractivity contribution < 1.29 is 19.4 Å². The first-order chi connectivity index (χ1) is 12.6. The lowest BCUT2D eigenvalue weighted by molar-refractivity contribution is -0.138. The van der Waals surface area contributed by atoms with E-state index in [1.807, 2.05) is 23.1 Å². The van der Waals surface area contributed by atoms with Gasteiger partial charge in [-0.2, -0.15) is 0 Å². The van der Waals surface area contributed by atoms with Gasteiger partial charge in [-0.05, 0) is 36.1 Å².